The number of nitrogens with zero attached hydrogens (tertiary/aromatic N) is 2. The van der Waals surface area contributed by atoms with Crippen LogP contribution in [0.1, 0.15) is 17.4 Å². The Balaban J connectivity index is 2.81. The predicted octanol–water partition coefficient (Wildman–Crippen LogP) is -0.223. The summed E-state index contributed by atoms with van der Waals surface area (Å²) < 4.78 is 0. The van der Waals surface area contributed by atoms with E-state index in [9.17, 15) is 0 Å². The van der Waals surface area contributed by atoms with Crippen LogP contribution in [-0.4, -0.2) is 21.7 Å². The van der Waals surface area contributed by atoms with Crippen molar-refractivity contribution >= 4 is 0 Å². The van der Waals surface area contributed by atoms with Crippen molar-refractivity contribution in [3.8, 4) is 0 Å². The molecular weight excluding hydrogens is 142 g/mol. The zero-order valence-electron chi connectivity index (χ0n) is 6.36. The molecule has 3 N–H and O–H groups in total. The Morgan fingerprint density at radius 1 is 1.55 bits per heavy atom. The number of rotatable bonds is 2. The van der Waals surface area contributed by atoms with E-state index in [-0.39, 0.29) is 12.6 Å². The summed E-state index contributed by atoms with van der Waals surface area (Å²) in [5, 5.41) is 8.68. The Bertz CT molecular complexity index is 222. The van der Waals surface area contributed by atoms with Gasteiger partial charge in [0.1, 0.15) is 5.82 Å². The van der Waals surface area contributed by atoms with Crippen LogP contribution in [0.15, 0.2) is 12.4 Å². The Kier molecular flexibility index (Phi) is 2.51. The van der Waals surface area contributed by atoms with E-state index in [1.165, 1.54) is 0 Å². The van der Waals surface area contributed by atoms with Gasteiger partial charge in [-0.25, -0.2) is 9.97 Å². The summed E-state index contributed by atoms with van der Waals surface area (Å²) in [5.41, 5.74) is 6.28. The highest BCUT2D eigenvalue weighted by molar-refractivity contribution is 5.09. The average molecular weight is 153 g/mol. The predicted molar refractivity (Wildman–Crippen MR) is 40.8 cm³/mol. The molecule has 0 saturated carbocycles. The lowest BCUT2D eigenvalue weighted by Gasteiger charge is -2.06. The van der Waals surface area contributed by atoms with Gasteiger partial charge < -0.3 is 10.8 Å². The smallest absolute Gasteiger partial charge is 0.125 e. The topological polar surface area (TPSA) is 72.0 Å². The lowest BCUT2D eigenvalue weighted by atomic mass is 10.2. The van der Waals surface area contributed by atoms with Crippen molar-refractivity contribution in [2.75, 3.05) is 6.61 Å². The van der Waals surface area contributed by atoms with E-state index in [0.29, 0.717) is 5.82 Å². The molecule has 0 unspecified atom stereocenters. The molecule has 1 aromatic heterocycles. The largest absolute Gasteiger partial charge is 0.394 e. The van der Waals surface area contributed by atoms with E-state index in [0.717, 1.165) is 5.56 Å². The Morgan fingerprint density at radius 2 is 2.09 bits per heavy atom. The maximum Gasteiger partial charge on any atom is 0.125 e. The molecule has 0 bridgehead atoms. The number of aliphatic hydroxyl groups is 1. The van der Waals surface area contributed by atoms with Crippen molar-refractivity contribution in [2.24, 2.45) is 5.73 Å². The highest BCUT2D eigenvalue weighted by Gasteiger charge is 2.03. The third-order valence-electron chi connectivity index (χ3n) is 1.43. The fourth-order valence-corrected chi connectivity index (χ4v) is 0.699. The maximum absolute atomic E-state index is 8.68. The van der Waals surface area contributed by atoms with E-state index < -0.39 is 0 Å². The van der Waals surface area contributed by atoms with Gasteiger partial charge in [0.15, 0.2) is 0 Å². The van der Waals surface area contributed by atoms with Crippen LogP contribution in [0.5, 0.6) is 0 Å². The molecule has 11 heavy (non-hydrogen) atoms. The summed E-state index contributed by atoms with van der Waals surface area (Å²) in [5.74, 6) is 0.707. The summed E-state index contributed by atoms with van der Waals surface area (Å²) in [6, 6.07) is -0.365. The molecule has 4 heteroatoms. The minimum atomic E-state index is -0.365. The van der Waals surface area contributed by atoms with Crippen LogP contribution in [0.3, 0.4) is 0 Å². The molecule has 4 nitrogen and oxygen atoms in total. The van der Waals surface area contributed by atoms with Crippen LogP contribution >= 0.6 is 0 Å². The van der Waals surface area contributed by atoms with E-state index >= 15 is 0 Å². The van der Waals surface area contributed by atoms with Crippen LogP contribution in [0.25, 0.3) is 0 Å². The molecule has 60 valence electrons. The Morgan fingerprint density at radius 3 is 2.55 bits per heavy atom. The number of hydrogen-bond donors (Lipinski definition) is 2. The fourth-order valence-electron chi connectivity index (χ4n) is 0.699. The fraction of sp³-hybridized carbons (Fsp3) is 0.429. The first-order chi connectivity index (χ1) is 5.24. The lowest BCUT2D eigenvalue weighted by Crippen LogP contribution is -2.15. The van der Waals surface area contributed by atoms with Crippen molar-refractivity contribution in [2.45, 2.75) is 13.0 Å². The van der Waals surface area contributed by atoms with Gasteiger partial charge in [0.25, 0.3) is 0 Å². The maximum atomic E-state index is 8.68. The van der Waals surface area contributed by atoms with Crippen molar-refractivity contribution < 1.29 is 5.11 Å². The third-order valence-corrected chi connectivity index (χ3v) is 1.43. The van der Waals surface area contributed by atoms with Gasteiger partial charge in [0.05, 0.1) is 12.6 Å². The Labute approximate surface area is 65.1 Å². The minimum Gasteiger partial charge on any atom is -0.394 e. The standard InChI is InChI=1S/C7H11N3O/c1-5-9-2-6(3-10-5)7(8)4-11/h2-3,7,11H,4,8H2,1H3/t7-/m1/s1. The Hall–Kier alpha value is -1.00. The molecule has 1 rings (SSSR count). The monoisotopic (exact) mass is 153 g/mol. The van der Waals surface area contributed by atoms with Gasteiger partial charge in [0, 0.05) is 18.0 Å². The first-order valence-electron chi connectivity index (χ1n) is 3.39. The van der Waals surface area contributed by atoms with E-state index in [1.54, 1.807) is 19.3 Å². The normalized spacial score (nSPS) is 13.0. The molecule has 1 atom stereocenters. The number of aliphatic hydroxyl groups excluding tert-OH is 1. The molecule has 1 heterocycles. The molecule has 0 amide bonds. The van der Waals surface area contributed by atoms with Gasteiger partial charge in [-0.3, -0.25) is 0 Å². The van der Waals surface area contributed by atoms with Crippen LogP contribution < -0.4 is 5.73 Å². The van der Waals surface area contributed by atoms with Gasteiger partial charge in [-0.05, 0) is 6.92 Å². The zero-order chi connectivity index (χ0) is 8.27. The second kappa shape index (κ2) is 3.41. The molecule has 0 spiro atoms. The lowest BCUT2D eigenvalue weighted by molar-refractivity contribution is 0.267. The van der Waals surface area contributed by atoms with Gasteiger partial charge in [0.2, 0.25) is 0 Å². The highest BCUT2D eigenvalue weighted by atomic mass is 16.3. The molecule has 0 aliphatic carbocycles. The summed E-state index contributed by atoms with van der Waals surface area (Å²) in [4.78, 5) is 7.89. The highest BCUT2D eigenvalue weighted by Crippen LogP contribution is 2.05. The summed E-state index contributed by atoms with van der Waals surface area (Å²) in [7, 11) is 0. The van der Waals surface area contributed by atoms with E-state index in [2.05, 4.69) is 9.97 Å². The van der Waals surface area contributed by atoms with Crippen molar-refractivity contribution in [1.82, 2.24) is 9.97 Å². The summed E-state index contributed by atoms with van der Waals surface area (Å²) in [6.07, 6.45) is 3.26. The molecule has 0 aliphatic heterocycles. The number of hydrogen-bond acceptors (Lipinski definition) is 4. The first kappa shape index (κ1) is 8.10. The first-order valence-corrected chi connectivity index (χ1v) is 3.39. The van der Waals surface area contributed by atoms with Crippen molar-refractivity contribution in [1.29, 1.82) is 0 Å². The summed E-state index contributed by atoms with van der Waals surface area (Å²) in [6.45, 7) is 1.72. The molecule has 0 radical (unpaired) electrons. The third kappa shape index (κ3) is 1.96. The number of aromatic nitrogens is 2. The zero-order valence-corrected chi connectivity index (χ0v) is 6.36. The van der Waals surface area contributed by atoms with Crippen molar-refractivity contribution in [3.63, 3.8) is 0 Å². The molecule has 0 aromatic carbocycles. The van der Waals surface area contributed by atoms with Crippen LogP contribution in [0.2, 0.25) is 0 Å². The van der Waals surface area contributed by atoms with E-state index in [1.807, 2.05) is 0 Å². The van der Waals surface area contributed by atoms with Gasteiger partial charge >= 0.3 is 0 Å². The van der Waals surface area contributed by atoms with Crippen LogP contribution in [0.4, 0.5) is 0 Å². The molecule has 0 saturated heterocycles. The second-order valence-electron chi connectivity index (χ2n) is 2.35. The minimum absolute atomic E-state index is 0.0770. The average Bonchev–Trinajstić information content (AvgIpc) is 2.05. The molecule has 0 fully saturated rings. The summed E-state index contributed by atoms with van der Waals surface area (Å²) >= 11 is 0. The van der Waals surface area contributed by atoms with Crippen molar-refractivity contribution in [3.05, 3.63) is 23.8 Å². The SMILES string of the molecule is Cc1ncc([C@H](N)CO)cn1. The van der Waals surface area contributed by atoms with Gasteiger partial charge in [-0.15, -0.1) is 0 Å². The number of nitrogens with two attached hydrogens (primary N) is 1. The second-order valence-corrected chi connectivity index (χ2v) is 2.35. The number of aryl methyl sites for hydroxylation is 1. The van der Waals surface area contributed by atoms with E-state index in [4.69, 9.17) is 10.8 Å². The molecule has 0 aliphatic rings. The van der Waals surface area contributed by atoms with Crippen LogP contribution in [0, 0.1) is 6.92 Å². The molecule has 1 aromatic rings. The van der Waals surface area contributed by atoms with Gasteiger partial charge in [-0.2, -0.15) is 0 Å². The van der Waals surface area contributed by atoms with Crippen LogP contribution in [-0.2, 0) is 0 Å². The van der Waals surface area contributed by atoms with Gasteiger partial charge in [-0.1, -0.05) is 0 Å². The quantitative estimate of drug-likeness (QED) is 0.616. The molecular formula is C7H11N3O.